The van der Waals surface area contributed by atoms with Crippen molar-refractivity contribution in [1.29, 1.82) is 0 Å². The minimum absolute atomic E-state index is 0.375. The molecule has 0 unspecified atom stereocenters. The lowest BCUT2D eigenvalue weighted by atomic mass is 10.1. The van der Waals surface area contributed by atoms with Crippen LogP contribution < -0.4 is 10.5 Å². The standard InChI is InChI=1S/C10H12ClNO/c1-7(6-12)10-8(11)4-3-5-9(10)13-2/h3-5H,1,6,12H2,2H3. The third-order valence-corrected chi connectivity index (χ3v) is 2.11. The molecule has 1 rings (SSSR count). The molecule has 0 aliphatic carbocycles. The predicted octanol–water partition coefficient (Wildman–Crippen LogP) is 2.32. The van der Waals surface area contributed by atoms with Crippen LogP contribution in [0.15, 0.2) is 24.8 Å². The maximum Gasteiger partial charge on any atom is 0.127 e. The fraction of sp³-hybridized carbons (Fsp3) is 0.200. The number of hydrogen-bond acceptors (Lipinski definition) is 2. The van der Waals surface area contributed by atoms with Gasteiger partial charge in [0.25, 0.3) is 0 Å². The Balaban J connectivity index is 3.22. The minimum atomic E-state index is 0.375. The number of ether oxygens (including phenoxy) is 1. The van der Waals surface area contributed by atoms with Crippen molar-refractivity contribution >= 4 is 17.2 Å². The number of halogens is 1. The molecular weight excluding hydrogens is 186 g/mol. The van der Waals surface area contributed by atoms with Crippen molar-refractivity contribution in [1.82, 2.24) is 0 Å². The third kappa shape index (κ3) is 2.02. The Hall–Kier alpha value is -0.990. The average molecular weight is 198 g/mol. The summed E-state index contributed by atoms with van der Waals surface area (Å²) in [5.74, 6) is 0.711. The monoisotopic (exact) mass is 197 g/mol. The molecule has 0 bridgehead atoms. The van der Waals surface area contributed by atoms with Gasteiger partial charge in [0.2, 0.25) is 0 Å². The van der Waals surface area contributed by atoms with E-state index in [1.807, 2.05) is 12.1 Å². The Kier molecular flexibility index (Phi) is 3.34. The largest absolute Gasteiger partial charge is 0.496 e. The normalized spacial score (nSPS) is 9.77. The number of methoxy groups -OCH3 is 1. The summed E-state index contributed by atoms with van der Waals surface area (Å²) in [7, 11) is 1.60. The van der Waals surface area contributed by atoms with E-state index in [0.29, 0.717) is 17.3 Å². The Labute approximate surface area is 83.0 Å². The van der Waals surface area contributed by atoms with E-state index in [2.05, 4.69) is 6.58 Å². The van der Waals surface area contributed by atoms with Gasteiger partial charge in [0.15, 0.2) is 0 Å². The van der Waals surface area contributed by atoms with E-state index in [1.165, 1.54) is 0 Å². The zero-order valence-corrected chi connectivity index (χ0v) is 8.27. The number of nitrogens with two attached hydrogens (primary N) is 1. The van der Waals surface area contributed by atoms with Crippen LogP contribution in [0.5, 0.6) is 5.75 Å². The van der Waals surface area contributed by atoms with Gasteiger partial charge in [0, 0.05) is 12.1 Å². The second-order valence-corrected chi connectivity index (χ2v) is 3.03. The molecule has 1 aromatic rings. The zero-order valence-electron chi connectivity index (χ0n) is 7.51. The summed E-state index contributed by atoms with van der Waals surface area (Å²) in [5.41, 5.74) is 7.06. The van der Waals surface area contributed by atoms with Gasteiger partial charge in [-0.2, -0.15) is 0 Å². The molecular formula is C10H12ClNO. The van der Waals surface area contributed by atoms with Crippen molar-refractivity contribution in [3.8, 4) is 5.75 Å². The number of benzene rings is 1. The van der Waals surface area contributed by atoms with Gasteiger partial charge in [0.1, 0.15) is 5.75 Å². The molecule has 0 aliphatic rings. The third-order valence-electron chi connectivity index (χ3n) is 1.80. The quantitative estimate of drug-likeness (QED) is 0.807. The molecule has 0 saturated heterocycles. The van der Waals surface area contributed by atoms with Gasteiger partial charge in [-0.1, -0.05) is 24.2 Å². The van der Waals surface area contributed by atoms with Crippen LogP contribution >= 0.6 is 11.6 Å². The molecule has 2 N–H and O–H groups in total. The van der Waals surface area contributed by atoms with E-state index in [9.17, 15) is 0 Å². The van der Waals surface area contributed by atoms with Crippen molar-refractivity contribution < 1.29 is 4.74 Å². The summed E-state index contributed by atoms with van der Waals surface area (Å²) in [4.78, 5) is 0. The fourth-order valence-corrected chi connectivity index (χ4v) is 1.42. The summed E-state index contributed by atoms with van der Waals surface area (Å²) >= 11 is 5.99. The van der Waals surface area contributed by atoms with Crippen LogP contribution in [-0.2, 0) is 0 Å². The van der Waals surface area contributed by atoms with Gasteiger partial charge in [-0.15, -0.1) is 0 Å². The van der Waals surface area contributed by atoms with Crippen molar-refractivity contribution in [3.63, 3.8) is 0 Å². The number of rotatable bonds is 3. The Morgan fingerprint density at radius 3 is 2.85 bits per heavy atom. The zero-order chi connectivity index (χ0) is 9.84. The van der Waals surface area contributed by atoms with E-state index >= 15 is 0 Å². The Morgan fingerprint density at radius 1 is 1.62 bits per heavy atom. The molecule has 0 fully saturated rings. The van der Waals surface area contributed by atoms with Crippen molar-refractivity contribution in [3.05, 3.63) is 35.4 Å². The minimum Gasteiger partial charge on any atom is -0.496 e. The highest BCUT2D eigenvalue weighted by Gasteiger charge is 2.09. The van der Waals surface area contributed by atoms with Crippen molar-refractivity contribution in [2.75, 3.05) is 13.7 Å². The van der Waals surface area contributed by atoms with Gasteiger partial charge in [-0.25, -0.2) is 0 Å². The molecule has 0 aromatic heterocycles. The predicted molar refractivity (Wildman–Crippen MR) is 56.1 cm³/mol. The van der Waals surface area contributed by atoms with Crippen LogP contribution in [0, 0.1) is 0 Å². The molecule has 0 aliphatic heterocycles. The number of hydrogen-bond donors (Lipinski definition) is 1. The van der Waals surface area contributed by atoms with Gasteiger partial charge >= 0.3 is 0 Å². The highest BCUT2D eigenvalue weighted by atomic mass is 35.5. The summed E-state index contributed by atoms with van der Waals surface area (Å²) in [5, 5.41) is 0.620. The van der Waals surface area contributed by atoms with Crippen molar-refractivity contribution in [2.24, 2.45) is 5.73 Å². The molecule has 0 spiro atoms. The molecule has 13 heavy (non-hydrogen) atoms. The summed E-state index contributed by atoms with van der Waals surface area (Å²) < 4.78 is 5.15. The van der Waals surface area contributed by atoms with Crippen molar-refractivity contribution in [2.45, 2.75) is 0 Å². The van der Waals surface area contributed by atoms with Gasteiger partial charge in [-0.3, -0.25) is 0 Å². The van der Waals surface area contributed by atoms with Crippen LogP contribution in [-0.4, -0.2) is 13.7 Å². The van der Waals surface area contributed by atoms with Crippen LogP contribution in [0.1, 0.15) is 5.56 Å². The molecule has 0 atom stereocenters. The SMILES string of the molecule is C=C(CN)c1c(Cl)cccc1OC. The molecule has 0 radical (unpaired) electrons. The lowest BCUT2D eigenvalue weighted by molar-refractivity contribution is 0.413. The van der Waals surface area contributed by atoms with Crippen LogP contribution in [0.25, 0.3) is 5.57 Å². The first-order valence-electron chi connectivity index (χ1n) is 3.91. The molecule has 0 saturated carbocycles. The Morgan fingerprint density at radius 2 is 2.31 bits per heavy atom. The van der Waals surface area contributed by atoms with E-state index in [-0.39, 0.29) is 0 Å². The lowest BCUT2D eigenvalue weighted by Gasteiger charge is -2.10. The first kappa shape index (κ1) is 10.1. The fourth-order valence-electron chi connectivity index (χ4n) is 1.12. The van der Waals surface area contributed by atoms with E-state index in [0.717, 1.165) is 11.1 Å². The topological polar surface area (TPSA) is 35.2 Å². The van der Waals surface area contributed by atoms with Gasteiger partial charge in [-0.05, 0) is 17.7 Å². The van der Waals surface area contributed by atoms with Gasteiger partial charge in [0.05, 0.1) is 12.1 Å². The highest BCUT2D eigenvalue weighted by Crippen LogP contribution is 2.31. The van der Waals surface area contributed by atoms with Gasteiger partial charge < -0.3 is 10.5 Å². The summed E-state index contributed by atoms with van der Waals surface area (Å²) in [6.07, 6.45) is 0. The van der Waals surface area contributed by atoms with Crippen LogP contribution in [0.2, 0.25) is 5.02 Å². The first-order valence-corrected chi connectivity index (χ1v) is 4.29. The highest BCUT2D eigenvalue weighted by molar-refractivity contribution is 6.32. The first-order chi connectivity index (χ1) is 6.20. The molecule has 1 aromatic carbocycles. The maximum absolute atomic E-state index is 5.99. The molecule has 0 heterocycles. The smallest absolute Gasteiger partial charge is 0.127 e. The Bertz CT molecular complexity index is 323. The molecule has 3 heteroatoms. The second-order valence-electron chi connectivity index (χ2n) is 2.62. The van der Waals surface area contributed by atoms with E-state index in [1.54, 1.807) is 13.2 Å². The van der Waals surface area contributed by atoms with Crippen LogP contribution in [0.3, 0.4) is 0 Å². The molecule has 0 amide bonds. The summed E-state index contributed by atoms with van der Waals surface area (Å²) in [6, 6.07) is 5.46. The summed E-state index contributed by atoms with van der Waals surface area (Å²) in [6.45, 7) is 4.20. The molecule has 2 nitrogen and oxygen atoms in total. The maximum atomic E-state index is 5.99. The van der Waals surface area contributed by atoms with Crippen LogP contribution in [0.4, 0.5) is 0 Å². The van der Waals surface area contributed by atoms with E-state index < -0.39 is 0 Å². The molecule has 70 valence electrons. The average Bonchev–Trinajstić information content (AvgIpc) is 2.16. The van der Waals surface area contributed by atoms with E-state index in [4.69, 9.17) is 22.1 Å². The lowest BCUT2D eigenvalue weighted by Crippen LogP contribution is -2.03. The second kappa shape index (κ2) is 4.30.